The van der Waals surface area contributed by atoms with Gasteiger partial charge in [-0.25, -0.2) is 0 Å². The molecule has 0 unspecified atom stereocenters. The number of nitrogen functional groups attached to an aromatic ring is 11. The summed E-state index contributed by atoms with van der Waals surface area (Å²) in [5, 5.41) is 125. The summed E-state index contributed by atoms with van der Waals surface area (Å²) in [4.78, 5) is 7.40. The van der Waals surface area contributed by atoms with Crippen LogP contribution in [-0.4, -0.2) is 176 Å². The van der Waals surface area contributed by atoms with Gasteiger partial charge in [0.15, 0.2) is 0 Å². The molecule has 43 N–H and O–H groups in total. The maximum Gasteiger partial charge on any atom is 0.294 e. The number of para-hydroxylation sites is 1. The van der Waals surface area contributed by atoms with Gasteiger partial charge in [-0.05, 0) is 286 Å². The standard InChI is InChI=1S/C24H31N5O3.C22H27N5O5S.C22H27N5O3.C22H27N5O2.C18H19N5O/c1-2-32-20-9-5-18(6-10-20)28-24-16-23(21(25)15-22(24)26)27-17-3-7-19(8-4-17)29(11-13-30)12-14-31;23-19-13-20(24)22(26-16-3-7-18(8-4-16)33(30,31)32)14-21(19)25-15-1-5-17(6-2-15)27(9-11-28)10-12-29;23-19-13-20(24)22(26-16-2-1-3-18(30)12-16)14-21(19)25-15-4-6-17(7-5-15)27(8-10-28)9-11-29;23-19-14-20(24)22(15-21(19)25-16-4-2-1-3-5-16)26-17-6-8-18(9-7-17)27(10-12-28)11-13-29;19-11-1-3-12(4-2-11)22-17-10-18(16(21)9-15(17)20)23-13-5-7-14(24)8-6-13/h3-10,15-16,27-28,30-31H,2,11-14,25-26H2,1H3;1-8,13-14,25-26,28-29H,9-12,23-24H2,(H,30,31,32);1-7,12-14,25-26,28-30H,8-11,23-24H2;1-9,14-15,25-26,28-29H,10-13,23-24H2;1-10,22-24H,19-21H2. The molecule has 0 bridgehead atoms. The lowest BCUT2D eigenvalue weighted by molar-refractivity contribution is 0.280. The average Bonchev–Trinajstić information content (AvgIpc) is 0.857. The van der Waals surface area contributed by atoms with Crippen molar-refractivity contribution in [2.75, 3.05) is 248 Å². The number of rotatable bonds is 43. The number of hydrogen-bond acceptors (Lipinski definition) is 38. The van der Waals surface area contributed by atoms with E-state index in [-0.39, 0.29) is 69.2 Å². The fourth-order valence-electron chi connectivity index (χ4n) is 15.0. The molecule has 39 nitrogen and oxygen atoms in total. The van der Waals surface area contributed by atoms with Gasteiger partial charge in [-0.15, -0.1) is 0 Å². The van der Waals surface area contributed by atoms with E-state index >= 15 is 0 Å². The van der Waals surface area contributed by atoms with Gasteiger partial charge in [0.25, 0.3) is 10.1 Å². The third-order valence-electron chi connectivity index (χ3n) is 22.5. The smallest absolute Gasteiger partial charge is 0.294 e. The minimum Gasteiger partial charge on any atom is -0.508 e. The van der Waals surface area contributed by atoms with Gasteiger partial charge < -0.3 is 192 Å². The number of nitrogens with two attached hydrogens (primary N) is 11. The Kier molecular flexibility index (Phi) is 41.3. The van der Waals surface area contributed by atoms with Crippen molar-refractivity contribution in [2.45, 2.75) is 11.8 Å². The monoisotopic (exact) mass is 2030 g/mol. The van der Waals surface area contributed by atoms with Crippen molar-refractivity contribution in [3.05, 3.63) is 309 Å². The van der Waals surface area contributed by atoms with Crippen LogP contribution in [0.2, 0.25) is 0 Å². The first-order valence-corrected chi connectivity index (χ1v) is 48.5. The van der Waals surface area contributed by atoms with Gasteiger partial charge in [0.1, 0.15) is 17.2 Å². The molecule has 0 aromatic heterocycles. The second kappa shape index (κ2) is 55.2. The van der Waals surface area contributed by atoms with Gasteiger partial charge in [0, 0.05) is 144 Å². The Balaban J connectivity index is 0.000000176. The molecule has 0 spiro atoms. The fraction of sp³-hybridized carbons (Fsp3) is 0.167. The summed E-state index contributed by atoms with van der Waals surface area (Å²) in [5.41, 5.74) is 91.3. The number of phenols is 2. The van der Waals surface area contributed by atoms with Crippen molar-refractivity contribution < 1.29 is 68.8 Å². The second-order valence-electron chi connectivity index (χ2n) is 33.4. The molecule has 0 aliphatic carbocycles. The summed E-state index contributed by atoms with van der Waals surface area (Å²) in [7, 11) is -4.27. The van der Waals surface area contributed by atoms with E-state index in [2.05, 4.69) is 53.2 Å². The summed E-state index contributed by atoms with van der Waals surface area (Å²) in [6.45, 7) is 6.22. The summed E-state index contributed by atoms with van der Waals surface area (Å²) in [6.07, 6.45) is 0. The minimum absolute atomic E-state index is 0.0109. The van der Waals surface area contributed by atoms with Crippen LogP contribution in [0.15, 0.2) is 314 Å². The molecular formula is C108H131N25O14S. The number of aliphatic hydroxyl groups is 8. The molecule has 0 aliphatic rings. The Morgan fingerprint density at radius 1 is 0.236 bits per heavy atom. The van der Waals surface area contributed by atoms with Crippen LogP contribution >= 0.6 is 0 Å². The first-order chi connectivity index (χ1) is 71.3. The van der Waals surface area contributed by atoms with Crippen LogP contribution in [0.25, 0.3) is 0 Å². The molecule has 778 valence electrons. The summed E-state index contributed by atoms with van der Waals surface area (Å²) in [5.74, 6) is 1.17. The van der Waals surface area contributed by atoms with Crippen LogP contribution in [0.1, 0.15) is 6.92 Å². The van der Waals surface area contributed by atoms with Crippen LogP contribution in [0.5, 0.6) is 17.2 Å². The zero-order chi connectivity index (χ0) is 106. The van der Waals surface area contributed by atoms with Gasteiger partial charge >= 0.3 is 0 Å². The fourth-order valence-corrected chi connectivity index (χ4v) is 15.5. The third kappa shape index (κ3) is 33.4. The Morgan fingerprint density at radius 3 is 0.676 bits per heavy atom. The van der Waals surface area contributed by atoms with Gasteiger partial charge in [-0.3, -0.25) is 4.55 Å². The topological polar surface area (TPSA) is 685 Å². The number of benzene rings is 15. The van der Waals surface area contributed by atoms with E-state index in [1.54, 1.807) is 78.9 Å². The van der Waals surface area contributed by atoms with E-state index in [9.17, 15) is 59.5 Å². The molecule has 0 aliphatic heterocycles. The van der Waals surface area contributed by atoms with Crippen molar-refractivity contribution >= 4 is 209 Å². The quantitative estimate of drug-likeness (QED) is 0.00958. The molecule has 0 fully saturated rings. The number of hydrogen-bond donors (Lipinski definition) is 32. The molecule has 0 saturated heterocycles. The number of nitrogens with zero attached hydrogens (tertiary/aromatic N) is 4. The van der Waals surface area contributed by atoms with E-state index in [4.69, 9.17) is 72.4 Å². The largest absolute Gasteiger partial charge is 0.508 e. The lowest BCUT2D eigenvalue weighted by Gasteiger charge is -2.23. The number of phenolic OH excluding ortho intramolecular Hbond substituents is 2. The van der Waals surface area contributed by atoms with Crippen molar-refractivity contribution in [2.24, 2.45) is 0 Å². The van der Waals surface area contributed by atoms with Crippen molar-refractivity contribution in [3.63, 3.8) is 0 Å². The van der Waals surface area contributed by atoms with Crippen LogP contribution in [0.3, 0.4) is 0 Å². The molecule has 0 amide bonds. The summed E-state index contributed by atoms with van der Waals surface area (Å²) in [6, 6.07) is 92.0. The lowest BCUT2D eigenvalue weighted by Crippen LogP contribution is -2.29. The number of aliphatic hydroxyl groups excluding tert-OH is 8. The van der Waals surface area contributed by atoms with Gasteiger partial charge in [0.2, 0.25) is 0 Å². The number of nitrogens with one attached hydrogen (secondary N) is 10. The first-order valence-electron chi connectivity index (χ1n) is 47.1. The molecule has 0 heterocycles. The zero-order valence-corrected chi connectivity index (χ0v) is 82.5. The highest BCUT2D eigenvalue weighted by Gasteiger charge is 2.19. The molecular weight excluding hydrogens is 1900 g/mol. The Morgan fingerprint density at radius 2 is 0.446 bits per heavy atom. The highest BCUT2D eigenvalue weighted by molar-refractivity contribution is 7.85. The third-order valence-corrected chi connectivity index (χ3v) is 23.4. The van der Waals surface area contributed by atoms with Crippen molar-refractivity contribution in [3.8, 4) is 17.2 Å². The molecule has 0 radical (unpaired) electrons. The van der Waals surface area contributed by atoms with E-state index in [0.717, 1.165) is 102 Å². The maximum atomic E-state index is 11.2. The highest BCUT2D eigenvalue weighted by Crippen LogP contribution is 2.42. The average molecular weight is 2040 g/mol. The van der Waals surface area contributed by atoms with E-state index < -0.39 is 10.1 Å². The molecule has 15 rings (SSSR count). The second-order valence-corrected chi connectivity index (χ2v) is 34.8. The van der Waals surface area contributed by atoms with Crippen LogP contribution in [0.4, 0.5) is 199 Å². The minimum atomic E-state index is -4.27. The first kappa shape index (κ1) is 111. The lowest BCUT2D eigenvalue weighted by atomic mass is 10.1. The predicted molar refractivity (Wildman–Crippen MR) is 608 cm³/mol. The van der Waals surface area contributed by atoms with Gasteiger partial charge in [-0.2, -0.15) is 8.42 Å². The number of aromatic hydroxyl groups is 2. The molecule has 15 aromatic carbocycles. The molecule has 0 atom stereocenters. The van der Waals surface area contributed by atoms with Crippen LogP contribution in [-0.2, 0) is 10.1 Å². The number of ether oxygens (including phenoxy) is 1. The molecule has 0 saturated carbocycles. The Hall–Kier alpha value is -17.7. The van der Waals surface area contributed by atoms with E-state index in [1.807, 2.05) is 233 Å². The Labute approximate surface area is 859 Å². The van der Waals surface area contributed by atoms with Crippen LogP contribution in [0, 0.1) is 0 Å². The summed E-state index contributed by atoms with van der Waals surface area (Å²) >= 11 is 0. The predicted octanol–water partition coefficient (Wildman–Crippen LogP) is 15.5. The number of anilines is 35. The normalized spacial score (nSPS) is 10.7. The van der Waals surface area contributed by atoms with Crippen molar-refractivity contribution in [1.82, 2.24) is 0 Å². The van der Waals surface area contributed by atoms with Gasteiger partial charge in [-0.1, -0.05) is 24.3 Å². The molecule has 148 heavy (non-hydrogen) atoms. The van der Waals surface area contributed by atoms with Crippen LogP contribution < -0.4 is 141 Å². The van der Waals surface area contributed by atoms with Crippen molar-refractivity contribution in [1.29, 1.82) is 0 Å². The Bertz CT molecular complexity index is 6720. The van der Waals surface area contributed by atoms with E-state index in [1.165, 1.54) is 24.3 Å². The zero-order valence-electron chi connectivity index (χ0n) is 81.7. The summed E-state index contributed by atoms with van der Waals surface area (Å²) < 4.78 is 37.0. The molecule has 15 aromatic rings. The highest BCUT2D eigenvalue weighted by atomic mass is 32.2. The van der Waals surface area contributed by atoms with Gasteiger partial charge in [0.05, 0.1) is 178 Å². The maximum absolute atomic E-state index is 11.2. The SMILES string of the molecule is CCOc1ccc(Nc2cc(Nc3ccc(N(CCO)CCO)cc3)c(N)cc2N)cc1.Nc1cc(N)c(Nc2ccc(N(CCO)CCO)cc2)cc1Nc1ccccc1.Nc1cc(N)c(Nc2ccc(S(=O)(=O)O)cc2)cc1Nc1ccc(N(CCO)CCO)cc1.Nc1cc(N)c(Nc2cccc(O)c2)cc1Nc1ccc(N(CCO)CCO)cc1.Nc1ccc(Nc2cc(Nc3ccc(O)cc3)c(N)cc2N)cc1. The van der Waals surface area contributed by atoms with E-state index in [0.29, 0.717) is 161 Å². The molecule has 40 heteroatoms.